The number of methoxy groups -OCH3 is 3. The monoisotopic (exact) mass is 391 g/mol. The molecule has 0 unspecified atom stereocenters. The van der Waals surface area contributed by atoms with Crippen molar-refractivity contribution in [3.63, 3.8) is 0 Å². The molecule has 0 radical (unpaired) electrons. The Morgan fingerprint density at radius 3 is 2.32 bits per heavy atom. The van der Waals surface area contributed by atoms with Crippen molar-refractivity contribution in [1.82, 2.24) is 9.78 Å². The van der Waals surface area contributed by atoms with Gasteiger partial charge in [-0.25, -0.2) is 4.79 Å². The standard InChI is InChI=1S/C19H25N3O6/c1-7-22-10-13(15(21-22)19(24)28-11(2)3)20-18(23)12-8-9-14(25-4)17(27-6)16(12)26-5/h8-11H,7H2,1-6H3,(H,20,23). The molecule has 9 heteroatoms. The Labute approximate surface area is 163 Å². The molecule has 0 spiro atoms. The summed E-state index contributed by atoms with van der Waals surface area (Å²) in [6.45, 7) is 5.87. The number of nitrogens with zero attached hydrogens (tertiary/aromatic N) is 2. The number of hydrogen-bond acceptors (Lipinski definition) is 7. The number of carbonyl (C=O) groups is 2. The van der Waals surface area contributed by atoms with Gasteiger partial charge in [0.1, 0.15) is 0 Å². The zero-order valence-electron chi connectivity index (χ0n) is 16.9. The van der Waals surface area contributed by atoms with Crippen LogP contribution in [0.4, 0.5) is 5.69 Å². The summed E-state index contributed by atoms with van der Waals surface area (Å²) in [4.78, 5) is 25.2. The molecule has 1 amide bonds. The Bertz CT molecular complexity index is 860. The summed E-state index contributed by atoms with van der Waals surface area (Å²) in [6, 6.07) is 3.14. The van der Waals surface area contributed by atoms with Crippen LogP contribution in [0.2, 0.25) is 0 Å². The summed E-state index contributed by atoms with van der Waals surface area (Å²) in [5.74, 6) is -0.172. The van der Waals surface area contributed by atoms with E-state index in [0.29, 0.717) is 18.0 Å². The fraction of sp³-hybridized carbons (Fsp3) is 0.421. The zero-order valence-corrected chi connectivity index (χ0v) is 16.9. The minimum absolute atomic E-state index is 0.0309. The largest absolute Gasteiger partial charge is 0.493 e. The SMILES string of the molecule is CCn1cc(NC(=O)c2ccc(OC)c(OC)c2OC)c(C(=O)OC(C)C)n1. The lowest BCUT2D eigenvalue weighted by molar-refractivity contribution is 0.0371. The number of anilines is 1. The molecule has 1 aromatic carbocycles. The van der Waals surface area contributed by atoms with Crippen LogP contribution in [-0.4, -0.2) is 49.1 Å². The van der Waals surface area contributed by atoms with Crippen LogP contribution >= 0.6 is 0 Å². The number of nitrogens with one attached hydrogen (secondary N) is 1. The van der Waals surface area contributed by atoms with Gasteiger partial charge in [-0.15, -0.1) is 0 Å². The van der Waals surface area contributed by atoms with Gasteiger partial charge in [0.2, 0.25) is 5.75 Å². The van der Waals surface area contributed by atoms with Crippen molar-refractivity contribution < 1.29 is 28.5 Å². The molecule has 0 fully saturated rings. The molecule has 1 N–H and O–H groups in total. The highest BCUT2D eigenvalue weighted by Crippen LogP contribution is 2.40. The third-order valence-corrected chi connectivity index (χ3v) is 3.82. The number of esters is 1. The highest BCUT2D eigenvalue weighted by atomic mass is 16.5. The van der Waals surface area contributed by atoms with E-state index in [1.165, 1.54) is 21.3 Å². The van der Waals surface area contributed by atoms with Crippen molar-refractivity contribution in [2.24, 2.45) is 0 Å². The molecule has 2 rings (SSSR count). The molecule has 0 atom stereocenters. The van der Waals surface area contributed by atoms with E-state index in [9.17, 15) is 9.59 Å². The topological polar surface area (TPSA) is 101 Å². The number of benzene rings is 1. The van der Waals surface area contributed by atoms with E-state index in [0.717, 1.165) is 0 Å². The highest BCUT2D eigenvalue weighted by molar-refractivity contribution is 6.09. The average molecular weight is 391 g/mol. The maximum absolute atomic E-state index is 12.9. The van der Waals surface area contributed by atoms with Crippen molar-refractivity contribution in [1.29, 1.82) is 0 Å². The fourth-order valence-corrected chi connectivity index (χ4v) is 2.57. The lowest BCUT2D eigenvalue weighted by Crippen LogP contribution is -2.18. The second-order valence-electron chi connectivity index (χ2n) is 6.04. The minimum Gasteiger partial charge on any atom is -0.493 e. The summed E-state index contributed by atoms with van der Waals surface area (Å²) in [5, 5.41) is 6.88. The van der Waals surface area contributed by atoms with E-state index < -0.39 is 11.9 Å². The molecule has 2 aromatic rings. The van der Waals surface area contributed by atoms with Gasteiger partial charge in [-0.3, -0.25) is 9.48 Å². The molecule has 0 aliphatic rings. The molecule has 1 heterocycles. The highest BCUT2D eigenvalue weighted by Gasteiger charge is 2.24. The predicted octanol–water partition coefficient (Wildman–Crippen LogP) is 2.75. The second-order valence-corrected chi connectivity index (χ2v) is 6.04. The van der Waals surface area contributed by atoms with E-state index in [2.05, 4.69) is 10.4 Å². The van der Waals surface area contributed by atoms with Gasteiger partial charge in [0.15, 0.2) is 17.2 Å². The molecule has 9 nitrogen and oxygen atoms in total. The molecular formula is C19H25N3O6. The van der Waals surface area contributed by atoms with Crippen molar-refractivity contribution in [2.75, 3.05) is 26.6 Å². The molecule has 152 valence electrons. The number of hydrogen-bond donors (Lipinski definition) is 1. The van der Waals surface area contributed by atoms with Crippen LogP contribution in [0.25, 0.3) is 0 Å². The van der Waals surface area contributed by atoms with Crippen molar-refractivity contribution >= 4 is 17.6 Å². The van der Waals surface area contributed by atoms with E-state index in [4.69, 9.17) is 18.9 Å². The number of ether oxygens (including phenoxy) is 4. The molecular weight excluding hydrogens is 366 g/mol. The van der Waals surface area contributed by atoms with Crippen LogP contribution in [0.3, 0.4) is 0 Å². The first-order valence-corrected chi connectivity index (χ1v) is 8.74. The molecule has 0 saturated carbocycles. The summed E-state index contributed by atoms with van der Waals surface area (Å²) in [5.41, 5.74) is 0.491. The van der Waals surface area contributed by atoms with Crippen molar-refractivity contribution in [2.45, 2.75) is 33.4 Å². The van der Waals surface area contributed by atoms with E-state index in [1.54, 1.807) is 36.9 Å². The van der Waals surface area contributed by atoms with Gasteiger partial charge in [-0.1, -0.05) is 0 Å². The Hall–Kier alpha value is -3.23. The van der Waals surface area contributed by atoms with Gasteiger partial charge >= 0.3 is 5.97 Å². The van der Waals surface area contributed by atoms with Gasteiger partial charge in [0.25, 0.3) is 5.91 Å². The fourth-order valence-electron chi connectivity index (χ4n) is 2.57. The average Bonchev–Trinajstić information content (AvgIpc) is 3.08. The van der Waals surface area contributed by atoms with Gasteiger partial charge in [-0.05, 0) is 32.9 Å². The molecule has 1 aromatic heterocycles. The summed E-state index contributed by atoms with van der Waals surface area (Å²) in [6.07, 6.45) is 1.26. The lowest BCUT2D eigenvalue weighted by Gasteiger charge is -2.15. The van der Waals surface area contributed by atoms with Crippen LogP contribution in [-0.2, 0) is 11.3 Å². The summed E-state index contributed by atoms with van der Waals surface area (Å²) in [7, 11) is 4.37. The first kappa shape index (κ1) is 21.1. The Morgan fingerprint density at radius 1 is 1.11 bits per heavy atom. The number of aryl methyl sites for hydroxylation is 1. The van der Waals surface area contributed by atoms with Crippen LogP contribution in [0, 0.1) is 0 Å². The predicted molar refractivity (Wildman–Crippen MR) is 103 cm³/mol. The zero-order chi connectivity index (χ0) is 20.8. The molecule has 0 saturated heterocycles. The number of amides is 1. The first-order valence-electron chi connectivity index (χ1n) is 8.74. The third-order valence-electron chi connectivity index (χ3n) is 3.82. The Balaban J connectivity index is 2.40. The molecule has 28 heavy (non-hydrogen) atoms. The smallest absolute Gasteiger partial charge is 0.361 e. The van der Waals surface area contributed by atoms with E-state index in [1.807, 2.05) is 6.92 Å². The number of aromatic nitrogens is 2. The Kier molecular flexibility index (Phi) is 6.86. The van der Waals surface area contributed by atoms with Crippen LogP contribution < -0.4 is 19.5 Å². The number of rotatable bonds is 8. The molecule has 0 aliphatic heterocycles. The van der Waals surface area contributed by atoms with Gasteiger partial charge in [0.05, 0.1) is 38.7 Å². The maximum atomic E-state index is 12.9. The van der Waals surface area contributed by atoms with Crippen LogP contribution in [0.15, 0.2) is 18.3 Å². The minimum atomic E-state index is -0.614. The van der Waals surface area contributed by atoms with Crippen LogP contribution in [0.5, 0.6) is 17.2 Å². The van der Waals surface area contributed by atoms with Crippen molar-refractivity contribution in [3.05, 3.63) is 29.6 Å². The third kappa shape index (κ3) is 4.36. The van der Waals surface area contributed by atoms with E-state index >= 15 is 0 Å². The summed E-state index contributed by atoms with van der Waals surface area (Å²) >= 11 is 0. The number of carbonyl (C=O) groups excluding carboxylic acids is 2. The Morgan fingerprint density at radius 2 is 1.79 bits per heavy atom. The lowest BCUT2D eigenvalue weighted by atomic mass is 10.1. The quantitative estimate of drug-likeness (QED) is 0.691. The molecule has 0 aliphatic carbocycles. The van der Waals surface area contributed by atoms with Crippen molar-refractivity contribution in [3.8, 4) is 17.2 Å². The van der Waals surface area contributed by atoms with Crippen LogP contribution in [0.1, 0.15) is 41.6 Å². The maximum Gasteiger partial charge on any atom is 0.361 e. The van der Waals surface area contributed by atoms with Gasteiger partial charge in [0, 0.05) is 12.7 Å². The van der Waals surface area contributed by atoms with E-state index in [-0.39, 0.29) is 28.8 Å². The van der Waals surface area contributed by atoms with Gasteiger partial charge < -0.3 is 24.3 Å². The second kappa shape index (κ2) is 9.12. The van der Waals surface area contributed by atoms with Gasteiger partial charge in [-0.2, -0.15) is 5.10 Å². The molecule has 0 bridgehead atoms. The first-order chi connectivity index (χ1) is 13.4. The summed E-state index contributed by atoms with van der Waals surface area (Å²) < 4.78 is 22.6. The normalized spacial score (nSPS) is 10.5.